The number of ketones is 1. The van der Waals surface area contributed by atoms with Crippen molar-refractivity contribution in [3.8, 4) is 11.6 Å². The fourth-order valence-corrected chi connectivity index (χ4v) is 1.81. The molecule has 0 saturated heterocycles. The predicted molar refractivity (Wildman–Crippen MR) is 54.9 cm³/mol. The van der Waals surface area contributed by atoms with Gasteiger partial charge in [-0.3, -0.25) is 9.89 Å². The highest BCUT2D eigenvalue weighted by Crippen LogP contribution is 2.25. The van der Waals surface area contributed by atoms with E-state index in [4.69, 9.17) is 4.42 Å². The summed E-state index contributed by atoms with van der Waals surface area (Å²) in [5.41, 5.74) is 1.90. The van der Waals surface area contributed by atoms with Gasteiger partial charge in [-0.15, -0.1) is 0 Å². The average molecular weight is 218 g/mol. The Morgan fingerprint density at radius 1 is 1.44 bits per heavy atom. The maximum absolute atomic E-state index is 11.8. The molecule has 6 nitrogen and oxygen atoms in total. The molecule has 1 aliphatic rings. The standard InChI is InChI=1S/C10H10N4O2/c1-5-2-12-10(16-5)9-8-6(13-14-9)3-11-4-7(8)15/h2,11H,3-4H2,1H3,(H,13,14). The van der Waals surface area contributed by atoms with E-state index in [0.717, 1.165) is 5.69 Å². The highest BCUT2D eigenvalue weighted by Gasteiger charge is 2.26. The Labute approximate surface area is 91.1 Å². The van der Waals surface area contributed by atoms with Crippen molar-refractivity contribution < 1.29 is 9.21 Å². The van der Waals surface area contributed by atoms with Gasteiger partial charge in [-0.05, 0) is 6.92 Å². The molecule has 3 heterocycles. The molecule has 82 valence electrons. The zero-order valence-electron chi connectivity index (χ0n) is 8.70. The van der Waals surface area contributed by atoms with Crippen molar-refractivity contribution in [2.75, 3.05) is 6.54 Å². The Morgan fingerprint density at radius 2 is 2.31 bits per heavy atom. The first-order valence-electron chi connectivity index (χ1n) is 4.99. The van der Waals surface area contributed by atoms with Crippen molar-refractivity contribution in [3.05, 3.63) is 23.2 Å². The SMILES string of the molecule is Cc1cnc(-c2n[nH]c3c2C(=O)CNC3)o1. The van der Waals surface area contributed by atoms with Crippen LogP contribution in [0.1, 0.15) is 21.8 Å². The van der Waals surface area contributed by atoms with Gasteiger partial charge in [0.1, 0.15) is 5.76 Å². The number of rotatable bonds is 1. The molecular formula is C10H10N4O2. The molecule has 0 fully saturated rings. The number of hydrogen-bond donors (Lipinski definition) is 2. The normalized spacial score (nSPS) is 15.2. The van der Waals surface area contributed by atoms with E-state index in [1.165, 1.54) is 0 Å². The summed E-state index contributed by atoms with van der Waals surface area (Å²) in [6, 6.07) is 0. The summed E-state index contributed by atoms with van der Waals surface area (Å²) in [6.45, 7) is 2.76. The summed E-state index contributed by atoms with van der Waals surface area (Å²) < 4.78 is 5.38. The highest BCUT2D eigenvalue weighted by molar-refractivity contribution is 6.03. The maximum Gasteiger partial charge on any atom is 0.247 e. The van der Waals surface area contributed by atoms with Crippen molar-refractivity contribution in [2.24, 2.45) is 0 Å². The smallest absolute Gasteiger partial charge is 0.247 e. The van der Waals surface area contributed by atoms with Crippen LogP contribution >= 0.6 is 0 Å². The van der Waals surface area contributed by atoms with Crippen LogP contribution < -0.4 is 5.32 Å². The summed E-state index contributed by atoms with van der Waals surface area (Å²) in [6.07, 6.45) is 1.61. The van der Waals surface area contributed by atoms with Crippen LogP contribution in [0.15, 0.2) is 10.6 Å². The molecule has 0 unspecified atom stereocenters. The Kier molecular flexibility index (Phi) is 1.90. The van der Waals surface area contributed by atoms with Gasteiger partial charge >= 0.3 is 0 Å². The topological polar surface area (TPSA) is 83.8 Å². The van der Waals surface area contributed by atoms with Crippen LogP contribution in [0.2, 0.25) is 0 Å². The minimum atomic E-state index is 0.0147. The first kappa shape index (κ1) is 9.29. The lowest BCUT2D eigenvalue weighted by Crippen LogP contribution is -2.29. The number of Topliss-reactive ketones (excluding diaryl/α,β-unsaturated/α-hetero) is 1. The fraction of sp³-hybridized carbons (Fsp3) is 0.300. The lowest BCUT2D eigenvalue weighted by atomic mass is 10.0. The molecule has 0 saturated carbocycles. The molecule has 0 spiro atoms. The molecule has 1 aliphatic heterocycles. The quantitative estimate of drug-likeness (QED) is 0.734. The van der Waals surface area contributed by atoms with Gasteiger partial charge < -0.3 is 9.73 Å². The van der Waals surface area contributed by atoms with Gasteiger partial charge in [0.25, 0.3) is 0 Å². The lowest BCUT2D eigenvalue weighted by molar-refractivity contribution is 0.0982. The van der Waals surface area contributed by atoms with E-state index < -0.39 is 0 Å². The molecule has 2 aromatic heterocycles. The molecule has 2 aromatic rings. The van der Waals surface area contributed by atoms with Crippen LogP contribution in [0.3, 0.4) is 0 Å². The molecule has 0 bridgehead atoms. The average Bonchev–Trinajstić information content (AvgIpc) is 2.84. The third kappa shape index (κ3) is 1.27. The summed E-state index contributed by atoms with van der Waals surface area (Å²) >= 11 is 0. The van der Waals surface area contributed by atoms with Gasteiger partial charge in [0.2, 0.25) is 5.89 Å². The lowest BCUT2D eigenvalue weighted by Gasteiger charge is -2.10. The highest BCUT2D eigenvalue weighted by atomic mass is 16.4. The zero-order valence-corrected chi connectivity index (χ0v) is 8.70. The number of H-pyrrole nitrogens is 1. The van der Waals surface area contributed by atoms with Gasteiger partial charge in [0, 0.05) is 6.54 Å². The third-order valence-electron chi connectivity index (χ3n) is 2.53. The molecule has 0 atom stereocenters. The number of carbonyl (C=O) groups is 1. The Hall–Kier alpha value is -1.95. The van der Waals surface area contributed by atoms with Crippen molar-refractivity contribution in [1.29, 1.82) is 0 Å². The number of aryl methyl sites for hydroxylation is 1. The molecule has 0 amide bonds. The van der Waals surface area contributed by atoms with Crippen LogP contribution in [0.25, 0.3) is 11.6 Å². The van der Waals surface area contributed by atoms with E-state index in [1.54, 1.807) is 13.1 Å². The van der Waals surface area contributed by atoms with Crippen LogP contribution in [0, 0.1) is 6.92 Å². The number of carbonyl (C=O) groups excluding carboxylic acids is 1. The van der Waals surface area contributed by atoms with E-state index in [0.29, 0.717) is 36.0 Å². The van der Waals surface area contributed by atoms with Gasteiger partial charge in [-0.2, -0.15) is 5.10 Å². The zero-order chi connectivity index (χ0) is 11.1. The Balaban J connectivity index is 2.15. The number of nitrogens with one attached hydrogen (secondary N) is 2. The minimum absolute atomic E-state index is 0.0147. The van der Waals surface area contributed by atoms with Crippen LogP contribution in [-0.4, -0.2) is 27.5 Å². The number of aromatic nitrogens is 3. The fourth-order valence-electron chi connectivity index (χ4n) is 1.81. The third-order valence-corrected chi connectivity index (χ3v) is 2.53. The maximum atomic E-state index is 11.8. The van der Waals surface area contributed by atoms with Crippen molar-refractivity contribution in [2.45, 2.75) is 13.5 Å². The van der Waals surface area contributed by atoms with E-state index in [1.807, 2.05) is 0 Å². The Bertz CT molecular complexity index is 555. The van der Waals surface area contributed by atoms with Crippen LogP contribution in [-0.2, 0) is 6.54 Å². The molecule has 3 rings (SSSR count). The molecule has 0 aromatic carbocycles. The van der Waals surface area contributed by atoms with E-state index >= 15 is 0 Å². The summed E-state index contributed by atoms with van der Waals surface area (Å²) in [4.78, 5) is 15.8. The minimum Gasteiger partial charge on any atom is -0.440 e. The molecule has 2 N–H and O–H groups in total. The number of oxazole rings is 1. The molecular weight excluding hydrogens is 208 g/mol. The van der Waals surface area contributed by atoms with Gasteiger partial charge in [0.15, 0.2) is 11.5 Å². The number of hydrogen-bond acceptors (Lipinski definition) is 5. The van der Waals surface area contributed by atoms with Gasteiger partial charge in [-0.1, -0.05) is 0 Å². The first-order chi connectivity index (χ1) is 7.75. The summed E-state index contributed by atoms with van der Waals surface area (Å²) in [5.74, 6) is 1.11. The van der Waals surface area contributed by atoms with Gasteiger partial charge in [0.05, 0.1) is 24.0 Å². The second kappa shape index (κ2) is 3.28. The summed E-state index contributed by atoms with van der Waals surface area (Å²) in [5, 5.41) is 9.91. The van der Waals surface area contributed by atoms with Crippen molar-refractivity contribution >= 4 is 5.78 Å². The van der Waals surface area contributed by atoms with Crippen molar-refractivity contribution in [3.63, 3.8) is 0 Å². The van der Waals surface area contributed by atoms with E-state index in [-0.39, 0.29) is 5.78 Å². The van der Waals surface area contributed by atoms with Crippen molar-refractivity contribution in [1.82, 2.24) is 20.5 Å². The van der Waals surface area contributed by atoms with Crippen LogP contribution in [0.5, 0.6) is 0 Å². The molecule has 16 heavy (non-hydrogen) atoms. The number of aromatic amines is 1. The monoisotopic (exact) mass is 218 g/mol. The largest absolute Gasteiger partial charge is 0.440 e. The van der Waals surface area contributed by atoms with E-state index in [2.05, 4.69) is 20.5 Å². The summed E-state index contributed by atoms with van der Waals surface area (Å²) in [7, 11) is 0. The molecule has 0 radical (unpaired) electrons. The number of nitrogens with zero attached hydrogens (tertiary/aromatic N) is 2. The second-order valence-corrected chi connectivity index (χ2v) is 3.73. The van der Waals surface area contributed by atoms with E-state index in [9.17, 15) is 4.79 Å². The molecule has 0 aliphatic carbocycles. The molecule has 6 heteroatoms. The van der Waals surface area contributed by atoms with Gasteiger partial charge in [-0.25, -0.2) is 4.98 Å². The van der Waals surface area contributed by atoms with Crippen LogP contribution in [0.4, 0.5) is 0 Å². The Morgan fingerprint density at radius 3 is 3.06 bits per heavy atom. The second-order valence-electron chi connectivity index (χ2n) is 3.73. The predicted octanol–water partition coefficient (Wildman–Crippen LogP) is 0.659. The first-order valence-corrected chi connectivity index (χ1v) is 4.99. The number of fused-ring (bicyclic) bond motifs is 1.